The molecule has 22 heavy (non-hydrogen) atoms. The summed E-state index contributed by atoms with van der Waals surface area (Å²) >= 11 is 0. The van der Waals surface area contributed by atoms with E-state index < -0.39 is 0 Å². The second-order valence-electron chi connectivity index (χ2n) is 5.90. The number of benzene rings is 1. The molecule has 0 bridgehead atoms. The Kier molecular flexibility index (Phi) is 3.57. The summed E-state index contributed by atoms with van der Waals surface area (Å²) in [6.45, 7) is 3.18. The maximum atomic E-state index is 4.78. The fourth-order valence-electron chi connectivity index (χ4n) is 3.14. The van der Waals surface area contributed by atoms with E-state index >= 15 is 0 Å². The van der Waals surface area contributed by atoms with Crippen LogP contribution in [0.5, 0.6) is 0 Å². The first-order chi connectivity index (χ1) is 10.9. The number of aromatic nitrogens is 2. The van der Waals surface area contributed by atoms with Crippen LogP contribution < -0.4 is 0 Å². The number of pyridine rings is 2. The van der Waals surface area contributed by atoms with Crippen LogP contribution in [0.4, 0.5) is 0 Å². The molecule has 0 atom stereocenters. The van der Waals surface area contributed by atoms with Gasteiger partial charge in [0.2, 0.25) is 0 Å². The summed E-state index contributed by atoms with van der Waals surface area (Å²) < 4.78 is 0. The van der Waals surface area contributed by atoms with Crippen LogP contribution in [0.3, 0.4) is 0 Å². The van der Waals surface area contributed by atoms with Gasteiger partial charge in [-0.15, -0.1) is 0 Å². The lowest BCUT2D eigenvalue weighted by atomic mass is 10.0. The maximum Gasteiger partial charge on any atom is 0.0890 e. The lowest BCUT2D eigenvalue weighted by molar-refractivity contribution is 0.255. The van der Waals surface area contributed by atoms with E-state index in [4.69, 9.17) is 4.98 Å². The second kappa shape index (κ2) is 5.85. The quantitative estimate of drug-likeness (QED) is 0.741. The summed E-state index contributed by atoms with van der Waals surface area (Å²) in [6, 6.07) is 16.9. The topological polar surface area (TPSA) is 29.0 Å². The van der Waals surface area contributed by atoms with Gasteiger partial charge in [0.1, 0.15) is 0 Å². The molecule has 0 fully saturated rings. The highest BCUT2D eigenvalue weighted by Gasteiger charge is 2.18. The van der Waals surface area contributed by atoms with Crippen molar-refractivity contribution in [2.45, 2.75) is 19.4 Å². The van der Waals surface area contributed by atoms with E-state index in [1.165, 1.54) is 16.8 Å². The molecule has 1 aliphatic rings. The molecule has 0 radical (unpaired) electrons. The van der Waals surface area contributed by atoms with Crippen molar-refractivity contribution in [1.29, 1.82) is 0 Å². The molecule has 0 amide bonds. The van der Waals surface area contributed by atoms with Crippen molar-refractivity contribution in [3.05, 3.63) is 71.5 Å². The van der Waals surface area contributed by atoms with Crippen LogP contribution >= 0.6 is 0 Å². The SMILES string of the molecule is c1ccc(CCN2CCc3nc4cccnc4cc3C2)cc1. The smallest absolute Gasteiger partial charge is 0.0890 e. The summed E-state index contributed by atoms with van der Waals surface area (Å²) in [5.41, 5.74) is 6.01. The average molecular weight is 289 g/mol. The lowest BCUT2D eigenvalue weighted by Gasteiger charge is -2.28. The first-order valence-corrected chi connectivity index (χ1v) is 7.88. The third kappa shape index (κ3) is 2.72. The van der Waals surface area contributed by atoms with Crippen molar-refractivity contribution < 1.29 is 0 Å². The molecule has 0 spiro atoms. The van der Waals surface area contributed by atoms with Gasteiger partial charge in [-0.25, -0.2) is 0 Å². The normalized spacial score (nSPS) is 14.9. The van der Waals surface area contributed by atoms with Crippen molar-refractivity contribution in [3.8, 4) is 0 Å². The van der Waals surface area contributed by atoms with E-state index in [-0.39, 0.29) is 0 Å². The molecule has 3 heteroatoms. The second-order valence-corrected chi connectivity index (χ2v) is 5.90. The Balaban J connectivity index is 1.50. The van der Waals surface area contributed by atoms with Gasteiger partial charge in [0.25, 0.3) is 0 Å². The van der Waals surface area contributed by atoms with Crippen LogP contribution in [-0.4, -0.2) is 28.0 Å². The van der Waals surface area contributed by atoms with E-state index in [2.05, 4.69) is 46.3 Å². The van der Waals surface area contributed by atoms with E-state index in [0.29, 0.717) is 0 Å². The van der Waals surface area contributed by atoms with Crippen LogP contribution in [-0.2, 0) is 19.4 Å². The molecule has 110 valence electrons. The van der Waals surface area contributed by atoms with Crippen LogP contribution in [0, 0.1) is 0 Å². The van der Waals surface area contributed by atoms with Crippen LogP contribution in [0.1, 0.15) is 16.8 Å². The Morgan fingerprint density at radius 2 is 1.91 bits per heavy atom. The summed E-state index contributed by atoms with van der Waals surface area (Å²) in [5.74, 6) is 0. The molecule has 0 aliphatic carbocycles. The van der Waals surface area contributed by atoms with E-state index in [9.17, 15) is 0 Å². The number of fused-ring (bicyclic) bond motifs is 2. The molecule has 1 aromatic carbocycles. The third-order valence-electron chi connectivity index (χ3n) is 4.37. The van der Waals surface area contributed by atoms with Gasteiger partial charge in [-0.3, -0.25) is 14.9 Å². The number of nitrogens with zero attached hydrogens (tertiary/aromatic N) is 3. The summed E-state index contributed by atoms with van der Waals surface area (Å²) in [7, 11) is 0. The van der Waals surface area contributed by atoms with Crippen LogP contribution in [0.15, 0.2) is 54.7 Å². The molecule has 0 saturated heterocycles. The molecule has 3 aromatic rings. The summed E-state index contributed by atoms with van der Waals surface area (Å²) in [4.78, 5) is 11.7. The van der Waals surface area contributed by atoms with Gasteiger partial charge in [-0.05, 0) is 35.7 Å². The molecule has 4 rings (SSSR count). The molecule has 3 nitrogen and oxygen atoms in total. The predicted octanol–water partition coefficient (Wildman–Crippen LogP) is 3.23. The largest absolute Gasteiger partial charge is 0.298 e. The molecular formula is C19H19N3. The van der Waals surface area contributed by atoms with Crippen LogP contribution in [0.2, 0.25) is 0 Å². The molecule has 0 N–H and O–H groups in total. The molecule has 1 aliphatic heterocycles. The Bertz CT molecular complexity index is 783. The number of hydrogen-bond acceptors (Lipinski definition) is 3. The molecule has 3 heterocycles. The minimum absolute atomic E-state index is 0.988. The first kappa shape index (κ1) is 13.4. The fraction of sp³-hybridized carbons (Fsp3) is 0.263. The van der Waals surface area contributed by atoms with Crippen molar-refractivity contribution in [2.24, 2.45) is 0 Å². The maximum absolute atomic E-state index is 4.78. The molecule has 0 saturated carbocycles. The zero-order valence-corrected chi connectivity index (χ0v) is 12.6. The van der Waals surface area contributed by atoms with E-state index in [1.54, 1.807) is 0 Å². The van der Waals surface area contributed by atoms with Gasteiger partial charge in [0.05, 0.1) is 11.0 Å². The highest BCUT2D eigenvalue weighted by molar-refractivity contribution is 5.74. The van der Waals surface area contributed by atoms with Gasteiger partial charge in [0.15, 0.2) is 0 Å². The van der Waals surface area contributed by atoms with E-state index in [0.717, 1.165) is 43.5 Å². The number of rotatable bonds is 3. The highest BCUT2D eigenvalue weighted by atomic mass is 15.1. The molecule has 2 aromatic heterocycles. The standard InChI is InChI=1S/C19H19N3/c1-2-5-15(6-3-1)8-11-22-12-9-17-16(14-22)13-19-18(21-17)7-4-10-20-19/h1-7,10,13H,8-9,11-12,14H2. The van der Waals surface area contributed by atoms with Crippen molar-refractivity contribution in [3.63, 3.8) is 0 Å². The van der Waals surface area contributed by atoms with Crippen molar-refractivity contribution >= 4 is 11.0 Å². The Morgan fingerprint density at radius 1 is 1.00 bits per heavy atom. The molecular weight excluding hydrogens is 270 g/mol. The van der Waals surface area contributed by atoms with Gasteiger partial charge < -0.3 is 0 Å². The lowest BCUT2D eigenvalue weighted by Crippen LogP contribution is -2.32. The first-order valence-electron chi connectivity index (χ1n) is 7.88. The van der Waals surface area contributed by atoms with Gasteiger partial charge in [-0.2, -0.15) is 0 Å². The zero-order valence-electron chi connectivity index (χ0n) is 12.6. The van der Waals surface area contributed by atoms with E-state index in [1.807, 2.05) is 18.3 Å². The fourth-order valence-corrected chi connectivity index (χ4v) is 3.14. The van der Waals surface area contributed by atoms with Gasteiger partial charge in [-0.1, -0.05) is 30.3 Å². The minimum Gasteiger partial charge on any atom is -0.298 e. The van der Waals surface area contributed by atoms with Crippen molar-refractivity contribution in [2.75, 3.05) is 13.1 Å². The van der Waals surface area contributed by atoms with Gasteiger partial charge in [0, 0.05) is 37.9 Å². The summed E-state index contributed by atoms with van der Waals surface area (Å²) in [6.07, 6.45) is 3.98. The van der Waals surface area contributed by atoms with Crippen LogP contribution in [0.25, 0.3) is 11.0 Å². The minimum atomic E-state index is 0.988. The van der Waals surface area contributed by atoms with Gasteiger partial charge >= 0.3 is 0 Å². The molecule has 0 unspecified atom stereocenters. The predicted molar refractivity (Wildman–Crippen MR) is 88.7 cm³/mol. The Labute approximate surface area is 130 Å². The Morgan fingerprint density at radius 3 is 2.82 bits per heavy atom. The Hall–Kier alpha value is -2.26. The highest BCUT2D eigenvalue weighted by Crippen LogP contribution is 2.21. The number of hydrogen-bond donors (Lipinski definition) is 0. The third-order valence-corrected chi connectivity index (χ3v) is 4.37. The van der Waals surface area contributed by atoms with Crippen molar-refractivity contribution in [1.82, 2.24) is 14.9 Å². The monoisotopic (exact) mass is 289 g/mol. The zero-order chi connectivity index (χ0) is 14.8. The summed E-state index contributed by atoms with van der Waals surface area (Å²) in [5, 5.41) is 0. The average Bonchev–Trinajstić information content (AvgIpc) is 2.59.